The molecule has 0 saturated carbocycles. The SMILES string of the molecule is CCc1ccc(OCC(=O)NNC(=S)NC(=O)c2ccc(OCCc3ccccc3)c(Br)c2)c(Br)c1. The summed E-state index contributed by atoms with van der Waals surface area (Å²) >= 11 is 12.0. The zero-order valence-electron chi connectivity index (χ0n) is 19.5. The fraction of sp³-hybridized carbons (Fsp3) is 0.192. The maximum atomic E-state index is 12.5. The molecule has 3 rings (SSSR count). The first-order valence-electron chi connectivity index (χ1n) is 11.1. The molecule has 7 nitrogen and oxygen atoms in total. The van der Waals surface area contributed by atoms with Crippen molar-refractivity contribution in [2.45, 2.75) is 19.8 Å². The molecule has 0 aliphatic carbocycles. The van der Waals surface area contributed by atoms with E-state index in [-0.39, 0.29) is 11.7 Å². The maximum Gasteiger partial charge on any atom is 0.276 e. The van der Waals surface area contributed by atoms with E-state index >= 15 is 0 Å². The number of halogens is 2. The van der Waals surface area contributed by atoms with Crippen LogP contribution >= 0.6 is 44.1 Å². The summed E-state index contributed by atoms with van der Waals surface area (Å²) in [6, 6.07) is 20.7. The Morgan fingerprint density at radius 2 is 1.56 bits per heavy atom. The molecular weight excluding hydrogens is 610 g/mol. The lowest BCUT2D eigenvalue weighted by Crippen LogP contribution is -2.49. The van der Waals surface area contributed by atoms with Crippen LogP contribution in [0.25, 0.3) is 0 Å². The summed E-state index contributed by atoms with van der Waals surface area (Å²) in [4.78, 5) is 24.6. The number of benzene rings is 3. The number of hydrogen-bond donors (Lipinski definition) is 3. The molecule has 0 bridgehead atoms. The molecule has 0 unspecified atom stereocenters. The van der Waals surface area contributed by atoms with Gasteiger partial charge < -0.3 is 9.47 Å². The molecule has 0 fully saturated rings. The fourth-order valence-corrected chi connectivity index (χ4v) is 4.25. The summed E-state index contributed by atoms with van der Waals surface area (Å²) in [6.07, 6.45) is 1.67. The molecule has 0 aromatic heterocycles. The Kier molecular flexibility index (Phi) is 10.7. The summed E-state index contributed by atoms with van der Waals surface area (Å²) in [6.45, 7) is 2.33. The average molecular weight is 635 g/mol. The number of carbonyl (C=O) groups is 2. The quantitative estimate of drug-likeness (QED) is 0.224. The molecule has 0 aliphatic rings. The van der Waals surface area contributed by atoms with Crippen molar-refractivity contribution in [3.8, 4) is 11.5 Å². The van der Waals surface area contributed by atoms with Crippen molar-refractivity contribution in [3.63, 3.8) is 0 Å². The third-order valence-corrected chi connectivity index (χ3v) is 6.43. The largest absolute Gasteiger partial charge is 0.492 e. The molecule has 2 amide bonds. The van der Waals surface area contributed by atoms with Gasteiger partial charge in [-0.25, -0.2) is 0 Å². The third kappa shape index (κ3) is 8.61. The van der Waals surface area contributed by atoms with Gasteiger partial charge in [-0.2, -0.15) is 0 Å². The Bertz CT molecular complexity index is 1230. The zero-order valence-corrected chi connectivity index (χ0v) is 23.5. The van der Waals surface area contributed by atoms with Gasteiger partial charge in [0, 0.05) is 12.0 Å². The number of thiocarbonyl (C=S) groups is 1. The molecule has 3 aromatic carbocycles. The van der Waals surface area contributed by atoms with Gasteiger partial charge in [0.2, 0.25) is 0 Å². The first-order valence-corrected chi connectivity index (χ1v) is 13.1. The van der Waals surface area contributed by atoms with E-state index in [9.17, 15) is 9.59 Å². The van der Waals surface area contributed by atoms with Crippen molar-refractivity contribution in [1.82, 2.24) is 16.2 Å². The number of carbonyl (C=O) groups excluding carboxylic acids is 2. The Morgan fingerprint density at radius 1 is 0.861 bits per heavy atom. The van der Waals surface area contributed by atoms with Crippen LogP contribution in [0.1, 0.15) is 28.4 Å². The number of hydrogen-bond acceptors (Lipinski definition) is 5. The number of hydrazine groups is 1. The van der Waals surface area contributed by atoms with Gasteiger partial charge in [0.05, 0.1) is 15.6 Å². The molecule has 0 saturated heterocycles. The predicted octanol–water partition coefficient (Wildman–Crippen LogP) is 5.11. The second kappa shape index (κ2) is 14.0. The van der Waals surface area contributed by atoms with Crippen molar-refractivity contribution in [2.75, 3.05) is 13.2 Å². The van der Waals surface area contributed by atoms with Gasteiger partial charge in [-0.1, -0.05) is 43.3 Å². The van der Waals surface area contributed by atoms with Gasteiger partial charge in [0.1, 0.15) is 11.5 Å². The van der Waals surface area contributed by atoms with E-state index in [0.29, 0.717) is 28.1 Å². The van der Waals surface area contributed by atoms with Crippen LogP contribution in [-0.4, -0.2) is 30.1 Å². The highest BCUT2D eigenvalue weighted by molar-refractivity contribution is 9.10. The van der Waals surface area contributed by atoms with Crippen molar-refractivity contribution in [3.05, 3.63) is 92.4 Å². The van der Waals surface area contributed by atoms with Crippen molar-refractivity contribution >= 4 is 61.0 Å². The number of rotatable bonds is 9. The molecule has 188 valence electrons. The lowest BCUT2D eigenvalue weighted by atomic mass is 10.2. The minimum atomic E-state index is -0.460. The number of ether oxygens (including phenoxy) is 2. The van der Waals surface area contributed by atoms with Crippen LogP contribution < -0.4 is 25.6 Å². The molecule has 3 N–H and O–H groups in total. The molecule has 0 aliphatic heterocycles. The highest BCUT2D eigenvalue weighted by atomic mass is 79.9. The van der Waals surface area contributed by atoms with E-state index in [4.69, 9.17) is 21.7 Å². The minimum Gasteiger partial charge on any atom is -0.492 e. The molecule has 0 spiro atoms. The first-order chi connectivity index (χ1) is 17.4. The van der Waals surface area contributed by atoms with Crippen molar-refractivity contribution in [1.29, 1.82) is 0 Å². The second-order valence-electron chi connectivity index (χ2n) is 7.59. The van der Waals surface area contributed by atoms with Crippen LogP contribution in [-0.2, 0) is 17.6 Å². The predicted molar refractivity (Wildman–Crippen MR) is 150 cm³/mol. The van der Waals surface area contributed by atoms with E-state index in [1.54, 1.807) is 24.3 Å². The first kappa shape index (κ1) is 27.6. The monoisotopic (exact) mass is 633 g/mol. The molecule has 0 atom stereocenters. The summed E-state index contributed by atoms with van der Waals surface area (Å²) in [5.41, 5.74) is 7.59. The minimum absolute atomic E-state index is 0.0545. The molecule has 3 aromatic rings. The summed E-state index contributed by atoms with van der Waals surface area (Å²) in [5.74, 6) is 0.287. The number of aryl methyl sites for hydroxylation is 1. The van der Waals surface area contributed by atoms with E-state index in [2.05, 4.69) is 55.0 Å². The Labute approximate surface area is 232 Å². The lowest BCUT2D eigenvalue weighted by Gasteiger charge is -2.13. The normalized spacial score (nSPS) is 10.3. The highest BCUT2D eigenvalue weighted by Gasteiger charge is 2.12. The van der Waals surface area contributed by atoms with Crippen molar-refractivity contribution in [2.24, 2.45) is 0 Å². The molecule has 0 heterocycles. The van der Waals surface area contributed by atoms with Crippen LogP contribution in [0.2, 0.25) is 0 Å². The van der Waals surface area contributed by atoms with Gasteiger partial charge >= 0.3 is 0 Å². The van der Waals surface area contributed by atoms with Crippen LogP contribution in [0, 0.1) is 0 Å². The van der Waals surface area contributed by atoms with Crippen molar-refractivity contribution < 1.29 is 19.1 Å². The number of amides is 2. The Hall–Kier alpha value is -2.95. The van der Waals surface area contributed by atoms with Crippen LogP contribution in [0.5, 0.6) is 11.5 Å². The maximum absolute atomic E-state index is 12.5. The van der Waals surface area contributed by atoms with Gasteiger partial charge in [-0.05, 0) is 92.0 Å². The van der Waals surface area contributed by atoms with Crippen LogP contribution in [0.15, 0.2) is 75.7 Å². The topological polar surface area (TPSA) is 88.7 Å². The third-order valence-electron chi connectivity index (χ3n) is 4.99. The molecular formula is C26H25Br2N3O4S. The van der Waals surface area contributed by atoms with Gasteiger partial charge in [0.15, 0.2) is 11.7 Å². The van der Waals surface area contributed by atoms with Gasteiger partial charge in [0.25, 0.3) is 11.8 Å². The zero-order chi connectivity index (χ0) is 25.9. The van der Waals surface area contributed by atoms with E-state index in [0.717, 1.165) is 22.9 Å². The lowest BCUT2D eigenvalue weighted by molar-refractivity contribution is -0.123. The Morgan fingerprint density at radius 3 is 2.25 bits per heavy atom. The smallest absolute Gasteiger partial charge is 0.276 e. The summed E-state index contributed by atoms with van der Waals surface area (Å²) < 4.78 is 12.7. The van der Waals surface area contributed by atoms with Crippen LogP contribution in [0.3, 0.4) is 0 Å². The van der Waals surface area contributed by atoms with Gasteiger partial charge in [-0.15, -0.1) is 0 Å². The average Bonchev–Trinajstić information content (AvgIpc) is 2.88. The molecule has 36 heavy (non-hydrogen) atoms. The Balaban J connectivity index is 1.41. The highest BCUT2D eigenvalue weighted by Crippen LogP contribution is 2.27. The fourth-order valence-electron chi connectivity index (χ4n) is 3.08. The van der Waals surface area contributed by atoms with Gasteiger partial charge in [-0.3, -0.25) is 25.8 Å². The molecule has 0 radical (unpaired) electrons. The standard InChI is InChI=1S/C26H25Br2N3O4S/c1-2-17-8-10-23(20(27)14-17)35-16-24(32)30-31-26(36)29-25(33)19-9-11-22(21(28)15-19)34-13-12-18-6-4-3-5-7-18/h3-11,14-15H,2,12-13,16H2,1H3,(H,30,32)(H2,29,31,33,36). The number of nitrogens with one attached hydrogen (secondary N) is 3. The molecule has 10 heteroatoms. The summed E-state index contributed by atoms with van der Waals surface area (Å²) in [5, 5.41) is 2.46. The summed E-state index contributed by atoms with van der Waals surface area (Å²) in [7, 11) is 0. The van der Waals surface area contributed by atoms with E-state index < -0.39 is 11.8 Å². The van der Waals surface area contributed by atoms with Crippen LogP contribution in [0.4, 0.5) is 0 Å². The van der Waals surface area contributed by atoms with E-state index in [1.165, 1.54) is 5.56 Å². The second-order valence-corrected chi connectivity index (χ2v) is 9.71. The van der Waals surface area contributed by atoms with E-state index in [1.807, 2.05) is 42.5 Å².